The average Bonchev–Trinajstić information content (AvgIpc) is 2.60. The van der Waals surface area contributed by atoms with Crippen molar-refractivity contribution in [3.63, 3.8) is 0 Å². The number of aromatic amines is 1. The van der Waals surface area contributed by atoms with E-state index in [0.717, 1.165) is 5.56 Å². The largest absolute Gasteiger partial charge is 0.481 e. The lowest BCUT2D eigenvalue weighted by atomic mass is 10.1. The van der Waals surface area contributed by atoms with Gasteiger partial charge in [-0.1, -0.05) is 0 Å². The third kappa shape index (κ3) is 1.63. The molecule has 2 heterocycles. The molecule has 5 nitrogen and oxygen atoms in total. The van der Waals surface area contributed by atoms with Crippen LogP contribution in [0, 0.1) is 0 Å². The molecule has 0 amide bonds. The number of aromatic nitrogens is 3. The van der Waals surface area contributed by atoms with Crippen LogP contribution >= 0.6 is 0 Å². The minimum Gasteiger partial charge on any atom is -0.481 e. The highest BCUT2D eigenvalue weighted by Crippen LogP contribution is 2.17. The molecule has 0 atom stereocenters. The number of ether oxygens (including phenoxy) is 1. The van der Waals surface area contributed by atoms with E-state index in [0.29, 0.717) is 11.4 Å². The van der Waals surface area contributed by atoms with Gasteiger partial charge < -0.3 is 9.84 Å². The van der Waals surface area contributed by atoms with Gasteiger partial charge in [-0.25, -0.2) is 4.98 Å². The number of rotatable bonds is 2. The molecule has 0 saturated heterocycles. The summed E-state index contributed by atoms with van der Waals surface area (Å²) in [6.07, 6.45) is 3.28. The third-order valence-corrected chi connectivity index (χ3v) is 2.19. The Kier molecular flexibility index (Phi) is 2.29. The lowest BCUT2D eigenvalue weighted by Gasteiger charge is -1.99. The molecule has 15 heavy (non-hydrogen) atoms. The highest BCUT2D eigenvalue weighted by atomic mass is 16.5. The SMILES string of the molecule is COc1cc(-c2c[nH]n(C)c2=O)ccn1. The molecule has 5 heteroatoms. The van der Waals surface area contributed by atoms with E-state index >= 15 is 0 Å². The summed E-state index contributed by atoms with van der Waals surface area (Å²) in [5, 5.41) is 2.82. The predicted octanol–water partition coefficient (Wildman–Crippen LogP) is 0.784. The van der Waals surface area contributed by atoms with Gasteiger partial charge in [0.15, 0.2) is 0 Å². The van der Waals surface area contributed by atoms with Crippen molar-refractivity contribution >= 4 is 0 Å². The molecule has 0 aliphatic carbocycles. The second-order valence-electron chi connectivity index (χ2n) is 3.14. The first kappa shape index (κ1) is 9.51. The first-order valence-electron chi connectivity index (χ1n) is 4.47. The number of pyridine rings is 1. The van der Waals surface area contributed by atoms with Crippen LogP contribution < -0.4 is 10.3 Å². The Morgan fingerprint density at radius 2 is 2.33 bits per heavy atom. The summed E-state index contributed by atoms with van der Waals surface area (Å²) in [6.45, 7) is 0. The zero-order chi connectivity index (χ0) is 10.8. The molecular weight excluding hydrogens is 194 g/mol. The molecule has 0 bridgehead atoms. The summed E-state index contributed by atoms with van der Waals surface area (Å²) < 4.78 is 6.41. The van der Waals surface area contributed by atoms with Gasteiger partial charge in [0.05, 0.1) is 12.7 Å². The smallest absolute Gasteiger partial charge is 0.274 e. The molecule has 2 rings (SSSR count). The summed E-state index contributed by atoms with van der Waals surface area (Å²) in [5.41, 5.74) is 1.34. The highest BCUT2D eigenvalue weighted by molar-refractivity contribution is 5.62. The third-order valence-electron chi connectivity index (χ3n) is 2.19. The van der Waals surface area contributed by atoms with Crippen molar-refractivity contribution in [1.29, 1.82) is 0 Å². The number of nitrogens with one attached hydrogen (secondary N) is 1. The minimum absolute atomic E-state index is 0.0664. The zero-order valence-corrected chi connectivity index (χ0v) is 8.52. The van der Waals surface area contributed by atoms with Crippen molar-refractivity contribution in [1.82, 2.24) is 14.8 Å². The molecule has 1 N–H and O–H groups in total. The maximum atomic E-state index is 11.6. The van der Waals surface area contributed by atoms with Crippen molar-refractivity contribution in [2.75, 3.05) is 7.11 Å². The first-order chi connectivity index (χ1) is 7.22. The van der Waals surface area contributed by atoms with Gasteiger partial charge in [0.2, 0.25) is 5.88 Å². The van der Waals surface area contributed by atoms with Crippen molar-refractivity contribution < 1.29 is 4.74 Å². The molecule has 0 spiro atoms. The van der Waals surface area contributed by atoms with Gasteiger partial charge in [0.25, 0.3) is 5.56 Å². The summed E-state index contributed by atoms with van der Waals surface area (Å²) >= 11 is 0. The Balaban J connectivity index is 2.54. The molecule has 0 fully saturated rings. The standard InChI is InChI=1S/C10H11N3O2/c1-13-10(14)8(6-12-13)7-3-4-11-9(5-7)15-2/h3-6,12H,1-2H3. The van der Waals surface area contributed by atoms with Gasteiger partial charge in [-0.05, 0) is 11.6 Å². The monoisotopic (exact) mass is 205 g/mol. The maximum absolute atomic E-state index is 11.6. The fraction of sp³-hybridized carbons (Fsp3) is 0.200. The van der Waals surface area contributed by atoms with E-state index in [-0.39, 0.29) is 5.56 Å². The molecule has 0 aliphatic rings. The molecule has 0 radical (unpaired) electrons. The molecule has 0 saturated carbocycles. The molecular formula is C10H11N3O2. The van der Waals surface area contributed by atoms with E-state index in [1.54, 1.807) is 38.7 Å². The number of methoxy groups -OCH3 is 1. The van der Waals surface area contributed by atoms with E-state index in [1.807, 2.05) is 0 Å². The maximum Gasteiger partial charge on any atom is 0.274 e. The average molecular weight is 205 g/mol. The van der Waals surface area contributed by atoms with Gasteiger partial charge >= 0.3 is 0 Å². The highest BCUT2D eigenvalue weighted by Gasteiger charge is 2.07. The van der Waals surface area contributed by atoms with Crippen molar-refractivity contribution in [2.45, 2.75) is 0 Å². The topological polar surface area (TPSA) is 59.9 Å². The van der Waals surface area contributed by atoms with E-state index in [2.05, 4.69) is 10.1 Å². The Morgan fingerprint density at radius 1 is 1.53 bits per heavy atom. The van der Waals surface area contributed by atoms with Crippen LogP contribution in [0.4, 0.5) is 0 Å². The Hall–Kier alpha value is -2.04. The van der Waals surface area contributed by atoms with Crippen molar-refractivity contribution in [3.05, 3.63) is 34.9 Å². The Morgan fingerprint density at radius 3 is 2.93 bits per heavy atom. The van der Waals surface area contributed by atoms with Crippen molar-refractivity contribution in [2.24, 2.45) is 7.05 Å². The first-order valence-corrected chi connectivity index (χ1v) is 4.47. The Labute approximate surface area is 86.3 Å². The van der Waals surface area contributed by atoms with Crippen LogP contribution in [-0.4, -0.2) is 21.9 Å². The van der Waals surface area contributed by atoms with Crippen LogP contribution in [0.5, 0.6) is 5.88 Å². The lowest BCUT2D eigenvalue weighted by molar-refractivity contribution is 0.398. The Bertz CT molecular complexity index is 527. The second kappa shape index (κ2) is 3.61. The van der Waals surface area contributed by atoms with E-state index < -0.39 is 0 Å². The van der Waals surface area contributed by atoms with Crippen LogP contribution in [0.15, 0.2) is 29.3 Å². The number of hydrogen-bond donors (Lipinski definition) is 1. The fourth-order valence-corrected chi connectivity index (χ4v) is 1.36. The second-order valence-corrected chi connectivity index (χ2v) is 3.14. The summed E-state index contributed by atoms with van der Waals surface area (Å²) in [5.74, 6) is 0.496. The predicted molar refractivity (Wildman–Crippen MR) is 55.8 cm³/mol. The zero-order valence-electron chi connectivity index (χ0n) is 8.52. The fourth-order valence-electron chi connectivity index (χ4n) is 1.36. The van der Waals surface area contributed by atoms with Crippen LogP contribution in [0.2, 0.25) is 0 Å². The molecule has 0 aromatic carbocycles. The molecule has 0 unspecified atom stereocenters. The van der Waals surface area contributed by atoms with Crippen molar-refractivity contribution in [3.8, 4) is 17.0 Å². The van der Waals surface area contributed by atoms with E-state index in [1.165, 1.54) is 4.68 Å². The van der Waals surface area contributed by atoms with Crippen LogP contribution in [0.25, 0.3) is 11.1 Å². The lowest BCUT2D eigenvalue weighted by Crippen LogP contribution is -2.13. The summed E-state index contributed by atoms with van der Waals surface area (Å²) in [6, 6.07) is 3.50. The minimum atomic E-state index is -0.0664. The van der Waals surface area contributed by atoms with E-state index in [4.69, 9.17) is 4.74 Å². The molecule has 0 aliphatic heterocycles. The molecule has 2 aromatic heterocycles. The van der Waals surface area contributed by atoms with Gasteiger partial charge in [-0.15, -0.1) is 0 Å². The van der Waals surface area contributed by atoms with Gasteiger partial charge in [0.1, 0.15) is 0 Å². The van der Waals surface area contributed by atoms with Gasteiger partial charge in [0, 0.05) is 25.5 Å². The normalized spacial score (nSPS) is 10.3. The number of nitrogens with zero attached hydrogens (tertiary/aromatic N) is 2. The number of hydrogen-bond acceptors (Lipinski definition) is 3. The molecule has 78 valence electrons. The summed E-state index contributed by atoms with van der Waals surface area (Å²) in [4.78, 5) is 15.6. The molecule has 2 aromatic rings. The van der Waals surface area contributed by atoms with Gasteiger partial charge in [-0.3, -0.25) is 9.48 Å². The quantitative estimate of drug-likeness (QED) is 0.788. The van der Waals surface area contributed by atoms with Gasteiger partial charge in [-0.2, -0.15) is 0 Å². The van der Waals surface area contributed by atoms with Crippen LogP contribution in [0.3, 0.4) is 0 Å². The number of H-pyrrole nitrogens is 1. The van der Waals surface area contributed by atoms with Crippen LogP contribution in [-0.2, 0) is 7.05 Å². The van der Waals surface area contributed by atoms with E-state index in [9.17, 15) is 4.79 Å². The summed E-state index contributed by atoms with van der Waals surface area (Å²) in [7, 11) is 3.21. The van der Waals surface area contributed by atoms with Crippen LogP contribution in [0.1, 0.15) is 0 Å². The number of aryl methyl sites for hydroxylation is 1.